The maximum atomic E-state index is 8.74. The molecule has 4 nitrogen and oxygen atoms in total. The zero-order chi connectivity index (χ0) is 10.0. The van der Waals surface area contributed by atoms with Crippen LogP contribution in [0.1, 0.15) is 32.6 Å². The van der Waals surface area contributed by atoms with Gasteiger partial charge in [-0.15, -0.1) is 6.58 Å². The Morgan fingerprint density at radius 3 is 2.00 bits per heavy atom. The lowest BCUT2D eigenvalue weighted by Gasteiger charge is -1.87. The fourth-order valence-electron chi connectivity index (χ4n) is 0.539. The van der Waals surface area contributed by atoms with Crippen molar-refractivity contribution in [2.45, 2.75) is 32.6 Å². The molecule has 0 aliphatic carbocycles. The summed E-state index contributed by atoms with van der Waals surface area (Å²) in [4.78, 5) is 0. The fourth-order valence-corrected chi connectivity index (χ4v) is 0.539. The maximum absolute atomic E-state index is 8.74. The van der Waals surface area contributed by atoms with Gasteiger partial charge >= 0.3 is 10.4 Å². The summed E-state index contributed by atoms with van der Waals surface area (Å²) < 4.78 is 31.6. The average Bonchev–Trinajstić information content (AvgIpc) is 1.85. The summed E-state index contributed by atoms with van der Waals surface area (Å²) in [5.41, 5.74) is 0. The maximum Gasteiger partial charge on any atom is 0.394 e. The highest BCUT2D eigenvalue weighted by Gasteiger charge is 1.84. The zero-order valence-electron chi connectivity index (χ0n) is 7.23. The van der Waals surface area contributed by atoms with Crippen LogP contribution in [-0.4, -0.2) is 17.5 Å². The molecular weight excluding hydrogens is 180 g/mol. The molecule has 0 spiro atoms. The van der Waals surface area contributed by atoms with E-state index in [2.05, 4.69) is 13.5 Å². The van der Waals surface area contributed by atoms with E-state index >= 15 is 0 Å². The van der Waals surface area contributed by atoms with E-state index in [1.54, 1.807) is 0 Å². The van der Waals surface area contributed by atoms with Crippen molar-refractivity contribution in [3.05, 3.63) is 12.7 Å². The van der Waals surface area contributed by atoms with Crippen molar-refractivity contribution in [2.24, 2.45) is 0 Å². The highest BCUT2D eigenvalue weighted by Crippen LogP contribution is 1.97. The molecule has 0 saturated carbocycles. The molecule has 0 aromatic carbocycles. The molecule has 5 heteroatoms. The van der Waals surface area contributed by atoms with Crippen molar-refractivity contribution in [3.63, 3.8) is 0 Å². The molecule has 0 aliphatic heterocycles. The first kappa shape index (κ1) is 14.2. The van der Waals surface area contributed by atoms with Crippen LogP contribution in [0.3, 0.4) is 0 Å². The number of unbranched alkanes of at least 4 members (excludes halogenated alkanes) is 3. The lowest BCUT2D eigenvalue weighted by atomic mass is 10.2. The smallest absolute Gasteiger partial charge is 0.264 e. The standard InChI is InChI=1S/C7H14.H2O4S/c1-3-5-7-6-4-2;1-5(2,3)4/h3H,1,4-7H2,2H3;(H2,1,2,3,4). The molecule has 12 heavy (non-hydrogen) atoms. The molecular formula is C7H16O4S. The van der Waals surface area contributed by atoms with Crippen LogP contribution in [0.5, 0.6) is 0 Å². The van der Waals surface area contributed by atoms with Crippen molar-refractivity contribution in [1.82, 2.24) is 0 Å². The Bertz CT molecular complexity index is 176. The van der Waals surface area contributed by atoms with Crippen LogP contribution >= 0.6 is 0 Å². The van der Waals surface area contributed by atoms with Crippen molar-refractivity contribution in [3.8, 4) is 0 Å². The molecule has 0 amide bonds. The van der Waals surface area contributed by atoms with E-state index in [0.29, 0.717) is 0 Å². The van der Waals surface area contributed by atoms with E-state index in [-0.39, 0.29) is 0 Å². The fraction of sp³-hybridized carbons (Fsp3) is 0.714. The highest BCUT2D eigenvalue weighted by atomic mass is 32.3. The second-order valence-electron chi connectivity index (χ2n) is 2.23. The molecule has 0 heterocycles. The number of rotatable bonds is 4. The van der Waals surface area contributed by atoms with Gasteiger partial charge in [-0.2, -0.15) is 8.42 Å². The van der Waals surface area contributed by atoms with Crippen LogP contribution in [0.25, 0.3) is 0 Å². The summed E-state index contributed by atoms with van der Waals surface area (Å²) in [7, 11) is -4.67. The molecule has 2 N–H and O–H groups in total. The Morgan fingerprint density at radius 2 is 1.75 bits per heavy atom. The van der Waals surface area contributed by atoms with Crippen molar-refractivity contribution in [2.75, 3.05) is 0 Å². The van der Waals surface area contributed by atoms with E-state index in [0.717, 1.165) is 0 Å². The number of hydrogen-bond donors (Lipinski definition) is 2. The van der Waals surface area contributed by atoms with Crippen molar-refractivity contribution >= 4 is 10.4 Å². The third kappa shape index (κ3) is 54.7. The van der Waals surface area contributed by atoms with Gasteiger partial charge in [0.2, 0.25) is 0 Å². The van der Waals surface area contributed by atoms with Gasteiger partial charge < -0.3 is 0 Å². The average molecular weight is 196 g/mol. The van der Waals surface area contributed by atoms with Gasteiger partial charge in [0.1, 0.15) is 0 Å². The van der Waals surface area contributed by atoms with E-state index in [1.807, 2.05) is 6.08 Å². The number of hydrogen-bond acceptors (Lipinski definition) is 2. The van der Waals surface area contributed by atoms with Crippen LogP contribution in [-0.2, 0) is 10.4 Å². The molecule has 0 radical (unpaired) electrons. The summed E-state index contributed by atoms with van der Waals surface area (Å²) in [6.07, 6.45) is 7.16. The van der Waals surface area contributed by atoms with Gasteiger partial charge in [0, 0.05) is 0 Å². The minimum Gasteiger partial charge on any atom is -0.264 e. The molecule has 0 fully saturated rings. The third-order valence-corrected chi connectivity index (χ3v) is 1.01. The van der Waals surface area contributed by atoms with Crippen LogP contribution in [0, 0.1) is 0 Å². The third-order valence-electron chi connectivity index (χ3n) is 1.01. The van der Waals surface area contributed by atoms with Crippen molar-refractivity contribution in [1.29, 1.82) is 0 Å². The molecule has 0 atom stereocenters. The van der Waals surface area contributed by atoms with Crippen LogP contribution in [0.15, 0.2) is 12.7 Å². The van der Waals surface area contributed by atoms with Crippen LogP contribution in [0.2, 0.25) is 0 Å². The van der Waals surface area contributed by atoms with Crippen molar-refractivity contribution < 1.29 is 17.5 Å². The van der Waals surface area contributed by atoms with Gasteiger partial charge in [0.05, 0.1) is 0 Å². The van der Waals surface area contributed by atoms with E-state index < -0.39 is 10.4 Å². The largest absolute Gasteiger partial charge is 0.394 e. The van der Waals surface area contributed by atoms with Crippen LogP contribution in [0.4, 0.5) is 0 Å². The monoisotopic (exact) mass is 196 g/mol. The molecule has 0 unspecified atom stereocenters. The second kappa shape index (κ2) is 8.70. The predicted molar refractivity (Wildman–Crippen MR) is 48.5 cm³/mol. The molecule has 0 aromatic rings. The summed E-state index contributed by atoms with van der Waals surface area (Å²) in [5.74, 6) is 0. The zero-order valence-corrected chi connectivity index (χ0v) is 8.05. The van der Waals surface area contributed by atoms with Crippen LogP contribution < -0.4 is 0 Å². The summed E-state index contributed by atoms with van der Waals surface area (Å²) in [6.45, 7) is 5.84. The SMILES string of the molecule is C=CCCCCC.O=S(=O)(O)O. The predicted octanol–water partition coefficient (Wildman–Crippen LogP) is 2.10. The summed E-state index contributed by atoms with van der Waals surface area (Å²) >= 11 is 0. The highest BCUT2D eigenvalue weighted by molar-refractivity contribution is 7.79. The Kier molecular flexibility index (Phi) is 10.3. The molecule has 0 aliphatic rings. The Labute approximate surface area is 73.9 Å². The normalized spacial score (nSPS) is 9.92. The first-order valence-corrected chi connectivity index (χ1v) is 5.12. The van der Waals surface area contributed by atoms with E-state index in [1.165, 1.54) is 25.7 Å². The molecule has 0 saturated heterocycles. The van der Waals surface area contributed by atoms with Gasteiger partial charge in [0.25, 0.3) is 0 Å². The minimum atomic E-state index is -4.67. The Hall–Kier alpha value is -0.390. The Morgan fingerprint density at radius 1 is 1.33 bits per heavy atom. The topological polar surface area (TPSA) is 74.6 Å². The molecule has 74 valence electrons. The molecule has 0 aromatic heterocycles. The first-order valence-electron chi connectivity index (χ1n) is 3.72. The van der Waals surface area contributed by atoms with Gasteiger partial charge in [0.15, 0.2) is 0 Å². The van der Waals surface area contributed by atoms with Gasteiger partial charge in [-0.05, 0) is 12.8 Å². The Balaban J connectivity index is 0. The van der Waals surface area contributed by atoms with E-state index in [9.17, 15) is 0 Å². The lowest BCUT2D eigenvalue weighted by Crippen LogP contribution is -1.89. The summed E-state index contributed by atoms with van der Waals surface area (Å²) in [6, 6.07) is 0. The quantitative estimate of drug-likeness (QED) is 0.410. The lowest BCUT2D eigenvalue weighted by molar-refractivity contribution is 0.381. The summed E-state index contributed by atoms with van der Waals surface area (Å²) in [5, 5.41) is 0. The molecule has 0 bridgehead atoms. The van der Waals surface area contributed by atoms with Gasteiger partial charge in [-0.1, -0.05) is 25.8 Å². The first-order chi connectivity index (χ1) is 5.41. The minimum absolute atomic E-state index is 1.19. The van der Waals surface area contributed by atoms with E-state index in [4.69, 9.17) is 17.5 Å². The van der Waals surface area contributed by atoms with Gasteiger partial charge in [-0.3, -0.25) is 9.11 Å². The second-order valence-corrected chi connectivity index (χ2v) is 3.13. The number of allylic oxidation sites excluding steroid dienone is 1. The van der Waals surface area contributed by atoms with Gasteiger partial charge in [-0.25, -0.2) is 0 Å². The molecule has 0 rings (SSSR count).